The Bertz CT molecular complexity index is 973. The van der Waals surface area contributed by atoms with E-state index in [1.165, 1.54) is 12.2 Å². The number of carbonyl (C=O) groups excluding carboxylic acids is 2. The van der Waals surface area contributed by atoms with E-state index in [9.17, 15) is 14.4 Å². The third-order valence-electron chi connectivity index (χ3n) is 5.14. The molecular formula is C24H27N3O5. The van der Waals surface area contributed by atoms with Crippen LogP contribution in [0.5, 0.6) is 0 Å². The largest absolute Gasteiger partial charge is 0.480 e. The number of likely N-dealkylation sites (N-methyl/N-ethyl adjacent to an activating group) is 1. The number of carboxylic acid groups (broad SMARTS) is 1. The van der Waals surface area contributed by atoms with E-state index in [0.29, 0.717) is 0 Å². The van der Waals surface area contributed by atoms with Crippen LogP contribution in [0.4, 0.5) is 4.79 Å². The Kier molecular flexibility index (Phi) is 7.62. The predicted octanol–water partition coefficient (Wildman–Crippen LogP) is 2.21. The average molecular weight is 437 g/mol. The van der Waals surface area contributed by atoms with Crippen molar-refractivity contribution in [3.8, 4) is 11.1 Å². The van der Waals surface area contributed by atoms with Crippen LogP contribution in [0.1, 0.15) is 17.0 Å². The van der Waals surface area contributed by atoms with Gasteiger partial charge in [-0.1, -0.05) is 54.6 Å². The number of fused-ring (bicyclic) bond motifs is 3. The zero-order chi connectivity index (χ0) is 23.1. The van der Waals surface area contributed by atoms with E-state index >= 15 is 0 Å². The molecule has 8 heteroatoms. The zero-order valence-corrected chi connectivity index (χ0v) is 18.1. The summed E-state index contributed by atoms with van der Waals surface area (Å²) < 4.78 is 5.42. The fourth-order valence-corrected chi connectivity index (χ4v) is 3.73. The number of alkyl carbamates (subject to hydrolysis) is 1. The maximum atomic E-state index is 12.1. The van der Waals surface area contributed by atoms with E-state index in [2.05, 4.69) is 22.8 Å². The monoisotopic (exact) mass is 437 g/mol. The summed E-state index contributed by atoms with van der Waals surface area (Å²) in [5.74, 6) is -1.69. The van der Waals surface area contributed by atoms with Crippen molar-refractivity contribution in [1.82, 2.24) is 15.5 Å². The predicted molar refractivity (Wildman–Crippen MR) is 120 cm³/mol. The summed E-state index contributed by atoms with van der Waals surface area (Å²) in [5, 5.41) is 14.1. The lowest BCUT2D eigenvalue weighted by atomic mass is 9.98. The van der Waals surface area contributed by atoms with Crippen molar-refractivity contribution in [3.05, 3.63) is 71.8 Å². The SMILES string of the molecule is CN(C)C[C@H](NC(=O)/C=C/CNC(=O)OCC1c2ccccc2-c2ccccc21)C(=O)O. The molecule has 3 N–H and O–H groups in total. The first-order valence-electron chi connectivity index (χ1n) is 10.3. The van der Waals surface area contributed by atoms with E-state index in [1.54, 1.807) is 19.0 Å². The molecule has 168 valence electrons. The van der Waals surface area contributed by atoms with Gasteiger partial charge in [0, 0.05) is 25.1 Å². The van der Waals surface area contributed by atoms with Crippen LogP contribution >= 0.6 is 0 Å². The second-order valence-corrected chi connectivity index (χ2v) is 7.77. The Balaban J connectivity index is 1.47. The van der Waals surface area contributed by atoms with Crippen LogP contribution in [0.15, 0.2) is 60.7 Å². The molecule has 2 aromatic rings. The zero-order valence-electron chi connectivity index (χ0n) is 18.1. The topological polar surface area (TPSA) is 108 Å². The summed E-state index contributed by atoms with van der Waals surface area (Å²) >= 11 is 0. The van der Waals surface area contributed by atoms with E-state index in [1.807, 2.05) is 36.4 Å². The smallest absolute Gasteiger partial charge is 0.407 e. The number of carbonyl (C=O) groups is 3. The molecular weight excluding hydrogens is 410 g/mol. The van der Waals surface area contributed by atoms with Gasteiger partial charge in [0.2, 0.25) is 5.91 Å². The maximum absolute atomic E-state index is 12.1. The standard InChI is InChI=1S/C24H27N3O5/c1-27(2)14-21(23(29)30)26-22(28)12-7-13-25-24(31)32-15-20-18-10-5-3-8-16(18)17-9-4-6-11-19(17)20/h3-12,20-21H,13-15H2,1-2H3,(H,25,31)(H,26,28)(H,29,30)/b12-7+/t21-/m0/s1. The van der Waals surface area contributed by atoms with E-state index in [-0.39, 0.29) is 25.6 Å². The number of hydrogen-bond donors (Lipinski definition) is 3. The van der Waals surface area contributed by atoms with Gasteiger partial charge in [0.05, 0.1) is 0 Å². The number of amides is 2. The van der Waals surface area contributed by atoms with Crippen LogP contribution in [0.25, 0.3) is 11.1 Å². The number of nitrogens with zero attached hydrogens (tertiary/aromatic N) is 1. The molecule has 0 saturated carbocycles. The first-order chi connectivity index (χ1) is 15.4. The Hall–Kier alpha value is -3.65. The normalized spacial score (nSPS) is 13.5. The summed E-state index contributed by atoms with van der Waals surface area (Å²) in [5.41, 5.74) is 4.56. The molecule has 2 aromatic carbocycles. The molecule has 0 radical (unpaired) electrons. The van der Waals surface area contributed by atoms with Gasteiger partial charge in [-0.15, -0.1) is 0 Å². The van der Waals surface area contributed by atoms with Gasteiger partial charge < -0.3 is 25.4 Å². The molecule has 0 aliphatic heterocycles. The quantitative estimate of drug-likeness (QED) is 0.519. The molecule has 0 spiro atoms. The van der Waals surface area contributed by atoms with Crippen molar-refractivity contribution in [1.29, 1.82) is 0 Å². The van der Waals surface area contributed by atoms with Gasteiger partial charge in [-0.3, -0.25) is 4.79 Å². The number of aliphatic carboxylic acids is 1. The number of nitrogens with one attached hydrogen (secondary N) is 2. The number of ether oxygens (including phenoxy) is 1. The lowest BCUT2D eigenvalue weighted by Crippen LogP contribution is -2.46. The summed E-state index contributed by atoms with van der Waals surface area (Å²) in [7, 11) is 3.44. The minimum atomic E-state index is -1.11. The van der Waals surface area contributed by atoms with Crippen molar-refractivity contribution < 1.29 is 24.2 Å². The van der Waals surface area contributed by atoms with Crippen LogP contribution < -0.4 is 10.6 Å². The molecule has 0 fully saturated rings. The maximum Gasteiger partial charge on any atom is 0.407 e. The molecule has 1 atom stereocenters. The fourth-order valence-electron chi connectivity index (χ4n) is 3.73. The van der Waals surface area contributed by atoms with Gasteiger partial charge in [0.15, 0.2) is 0 Å². The highest BCUT2D eigenvalue weighted by molar-refractivity contribution is 5.91. The Labute approximate surface area is 186 Å². The molecule has 1 aliphatic rings. The van der Waals surface area contributed by atoms with Crippen molar-refractivity contribution in [2.24, 2.45) is 0 Å². The third kappa shape index (κ3) is 5.73. The van der Waals surface area contributed by atoms with E-state index in [4.69, 9.17) is 9.84 Å². The van der Waals surface area contributed by atoms with Crippen LogP contribution in [0, 0.1) is 0 Å². The summed E-state index contributed by atoms with van der Waals surface area (Å²) in [4.78, 5) is 36.9. The Morgan fingerprint density at radius 1 is 1.06 bits per heavy atom. The minimum absolute atomic E-state index is 0.0286. The lowest BCUT2D eigenvalue weighted by molar-refractivity contribution is -0.141. The molecule has 3 rings (SSSR count). The molecule has 1 aliphatic carbocycles. The van der Waals surface area contributed by atoms with Gasteiger partial charge in [-0.05, 0) is 36.3 Å². The van der Waals surface area contributed by atoms with Crippen LogP contribution in [-0.4, -0.2) is 67.8 Å². The van der Waals surface area contributed by atoms with Crippen molar-refractivity contribution in [2.75, 3.05) is 33.8 Å². The molecule has 2 amide bonds. The first-order valence-corrected chi connectivity index (χ1v) is 10.3. The molecule has 0 aromatic heterocycles. The van der Waals surface area contributed by atoms with Gasteiger partial charge >= 0.3 is 12.1 Å². The average Bonchev–Trinajstić information content (AvgIpc) is 3.08. The summed E-state index contributed by atoms with van der Waals surface area (Å²) in [6, 6.07) is 15.1. The second-order valence-electron chi connectivity index (χ2n) is 7.77. The highest BCUT2D eigenvalue weighted by Crippen LogP contribution is 2.44. The highest BCUT2D eigenvalue weighted by atomic mass is 16.5. The Morgan fingerprint density at radius 2 is 1.66 bits per heavy atom. The second kappa shape index (κ2) is 10.6. The van der Waals surface area contributed by atoms with Gasteiger partial charge in [0.25, 0.3) is 0 Å². The van der Waals surface area contributed by atoms with Crippen molar-refractivity contribution in [3.63, 3.8) is 0 Å². The number of carboxylic acids is 1. The minimum Gasteiger partial charge on any atom is -0.480 e. The van der Waals surface area contributed by atoms with Crippen LogP contribution in [0.2, 0.25) is 0 Å². The van der Waals surface area contributed by atoms with Crippen molar-refractivity contribution >= 4 is 18.0 Å². The molecule has 0 saturated heterocycles. The molecule has 0 bridgehead atoms. The van der Waals surface area contributed by atoms with Gasteiger partial charge in [0.1, 0.15) is 12.6 Å². The van der Waals surface area contributed by atoms with E-state index < -0.39 is 24.0 Å². The lowest BCUT2D eigenvalue weighted by Gasteiger charge is -2.17. The number of rotatable bonds is 9. The van der Waals surface area contributed by atoms with E-state index in [0.717, 1.165) is 22.3 Å². The summed E-state index contributed by atoms with van der Waals surface area (Å²) in [6.45, 7) is 0.456. The van der Waals surface area contributed by atoms with Gasteiger partial charge in [-0.25, -0.2) is 9.59 Å². The number of hydrogen-bond acceptors (Lipinski definition) is 5. The first kappa shape index (κ1) is 23.0. The molecule has 8 nitrogen and oxygen atoms in total. The number of benzene rings is 2. The molecule has 32 heavy (non-hydrogen) atoms. The fraction of sp³-hybridized carbons (Fsp3) is 0.292. The third-order valence-corrected chi connectivity index (χ3v) is 5.14. The van der Waals surface area contributed by atoms with Crippen LogP contribution in [0.3, 0.4) is 0 Å². The molecule has 0 unspecified atom stereocenters. The highest BCUT2D eigenvalue weighted by Gasteiger charge is 2.28. The van der Waals surface area contributed by atoms with Gasteiger partial charge in [-0.2, -0.15) is 0 Å². The summed E-state index contributed by atoms with van der Waals surface area (Å²) in [6.07, 6.45) is 2.04. The van der Waals surface area contributed by atoms with Crippen LogP contribution in [-0.2, 0) is 14.3 Å². The molecule has 0 heterocycles. The van der Waals surface area contributed by atoms with Crippen molar-refractivity contribution in [2.45, 2.75) is 12.0 Å². The Morgan fingerprint density at radius 3 is 2.22 bits per heavy atom.